The van der Waals surface area contributed by atoms with Crippen molar-refractivity contribution in [1.82, 2.24) is 30.3 Å². The Labute approximate surface area is 191 Å². The summed E-state index contributed by atoms with van der Waals surface area (Å²) >= 11 is 0. The summed E-state index contributed by atoms with van der Waals surface area (Å²) in [6.45, 7) is 0. The largest absolute Gasteiger partial charge is 0.467 e. The van der Waals surface area contributed by atoms with Crippen molar-refractivity contribution in [3.8, 4) is 29.0 Å². The number of nitriles is 1. The Morgan fingerprint density at radius 1 is 1.27 bits per heavy atom. The van der Waals surface area contributed by atoms with E-state index in [1.807, 2.05) is 24.3 Å². The van der Waals surface area contributed by atoms with E-state index in [1.54, 1.807) is 23.3 Å². The summed E-state index contributed by atoms with van der Waals surface area (Å²) in [4.78, 5) is 20.9. The van der Waals surface area contributed by atoms with Crippen molar-refractivity contribution < 1.29 is 9.53 Å². The van der Waals surface area contributed by atoms with Gasteiger partial charge in [-0.2, -0.15) is 5.26 Å². The van der Waals surface area contributed by atoms with E-state index >= 15 is 0 Å². The number of methoxy groups -OCH3 is 1. The number of nitrogens with one attached hydrogen (secondary N) is 1. The summed E-state index contributed by atoms with van der Waals surface area (Å²) in [7, 11) is 1.52. The number of hydrogen-bond donors (Lipinski definition) is 1. The molecule has 1 N–H and O–H groups in total. The van der Waals surface area contributed by atoms with Gasteiger partial charge in [0, 0.05) is 30.4 Å². The van der Waals surface area contributed by atoms with E-state index in [0.717, 1.165) is 29.7 Å². The second-order valence-corrected chi connectivity index (χ2v) is 8.79. The lowest BCUT2D eigenvalue weighted by Gasteiger charge is -2.22. The van der Waals surface area contributed by atoms with Crippen LogP contribution in [0.1, 0.15) is 31.2 Å². The van der Waals surface area contributed by atoms with Gasteiger partial charge in [0.2, 0.25) is 0 Å². The van der Waals surface area contributed by atoms with Gasteiger partial charge in [0.15, 0.2) is 5.78 Å². The number of carbonyl (C=O) groups excluding carboxylic acids is 1. The van der Waals surface area contributed by atoms with Gasteiger partial charge in [-0.15, -0.1) is 5.10 Å². The molecule has 0 amide bonds. The second kappa shape index (κ2) is 9.08. The zero-order valence-electron chi connectivity index (χ0n) is 18.4. The Balaban J connectivity index is 1.21. The number of aromatic nitrogens is 5. The zero-order chi connectivity index (χ0) is 22.8. The quantitative estimate of drug-likeness (QED) is 0.564. The SMILES string of the molecule is COc1ncc(-c2cn(-c3ccc(C[C@@H](C#N)CC(=O)[C@H]4N[C@@H]5CC[C@H]4C5)cc3)nn2)cn1. The fourth-order valence-electron chi connectivity index (χ4n) is 4.90. The number of carbonyl (C=O) groups is 1. The van der Waals surface area contributed by atoms with Gasteiger partial charge >= 0.3 is 6.01 Å². The smallest absolute Gasteiger partial charge is 0.316 e. The van der Waals surface area contributed by atoms with Crippen molar-refractivity contribution in [3.63, 3.8) is 0 Å². The minimum Gasteiger partial charge on any atom is -0.467 e. The number of rotatable bonds is 8. The number of piperidine rings is 1. The van der Waals surface area contributed by atoms with Crippen LogP contribution in [0.2, 0.25) is 0 Å². The monoisotopic (exact) mass is 443 g/mol. The summed E-state index contributed by atoms with van der Waals surface area (Å²) in [6.07, 6.45) is 9.33. The highest BCUT2D eigenvalue weighted by molar-refractivity contribution is 5.85. The van der Waals surface area contributed by atoms with E-state index < -0.39 is 0 Å². The molecule has 1 aliphatic heterocycles. The molecule has 0 spiro atoms. The van der Waals surface area contributed by atoms with E-state index in [-0.39, 0.29) is 17.7 Å². The van der Waals surface area contributed by atoms with Crippen molar-refractivity contribution in [1.29, 1.82) is 5.26 Å². The van der Waals surface area contributed by atoms with Gasteiger partial charge in [-0.05, 0) is 49.3 Å². The molecule has 0 radical (unpaired) electrons. The Kier molecular flexibility index (Phi) is 5.84. The van der Waals surface area contributed by atoms with Crippen LogP contribution in [0, 0.1) is 23.2 Å². The minimum absolute atomic E-state index is 0.0559. The molecule has 2 aromatic heterocycles. The zero-order valence-corrected chi connectivity index (χ0v) is 18.4. The Morgan fingerprint density at radius 2 is 2.06 bits per heavy atom. The number of hydrogen-bond acceptors (Lipinski definition) is 8. The van der Waals surface area contributed by atoms with E-state index in [0.29, 0.717) is 36.5 Å². The summed E-state index contributed by atoms with van der Waals surface area (Å²) in [5, 5.41) is 21.4. The molecule has 33 heavy (non-hydrogen) atoms. The number of ether oxygens (including phenoxy) is 1. The lowest BCUT2D eigenvalue weighted by molar-refractivity contribution is -0.122. The molecule has 4 atom stereocenters. The van der Waals surface area contributed by atoms with Crippen LogP contribution in [-0.2, 0) is 11.2 Å². The van der Waals surface area contributed by atoms with Gasteiger partial charge in [0.05, 0.1) is 37.0 Å². The molecule has 9 heteroatoms. The number of benzene rings is 1. The van der Waals surface area contributed by atoms with Gasteiger partial charge < -0.3 is 10.1 Å². The van der Waals surface area contributed by atoms with E-state index in [4.69, 9.17) is 4.74 Å². The van der Waals surface area contributed by atoms with E-state index in [9.17, 15) is 10.1 Å². The van der Waals surface area contributed by atoms with Gasteiger partial charge in [0.25, 0.3) is 0 Å². The molecule has 0 unspecified atom stereocenters. The lowest BCUT2D eigenvalue weighted by atomic mass is 9.88. The Bertz CT molecular complexity index is 1170. The third kappa shape index (κ3) is 4.47. The third-order valence-electron chi connectivity index (χ3n) is 6.62. The normalized spacial score (nSPS) is 22.1. The first-order chi connectivity index (χ1) is 16.1. The molecule has 3 aromatic rings. The summed E-state index contributed by atoms with van der Waals surface area (Å²) in [6, 6.07) is 10.9. The average molecular weight is 444 g/mol. The van der Waals surface area contributed by atoms with Crippen molar-refractivity contribution in [2.24, 2.45) is 11.8 Å². The van der Waals surface area contributed by atoms with E-state index in [2.05, 4.69) is 31.7 Å². The predicted molar refractivity (Wildman–Crippen MR) is 119 cm³/mol. The van der Waals surface area contributed by atoms with Crippen LogP contribution in [0.25, 0.3) is 16.9 Å². The topological polar surface area (TPSA) is 119 Å². The molecule has 3 heterocycles. The van der Waals surface area contributed by atoms with Crippen LogP contribution in [0.4, 0.5) is 0 Å². The maximum Gasteiger partial charge on any atom is 0.316 e. The minimum atomic E-state index is -0.322. The first-order valence-corrected chi connectivity index (χ1v) is 11.2. The lowest BCUT2D eigenvalue weighted by Crippen LogP contribution is -2.42. The predicted octanol–water partition coefficient (Wildman–Crippen LogP) is 2.51. The van der Waals surface area contributed by atoms with E-state index in [1.165, 1.54) is 13.5 Å². The van der Waals surface area contributed by atoms with Crippen LogP contribution in [0.3, 0.4) is 0 Å². The fraction of sp³-hybridized carbons (Fsp3) is 0.417. The van der Waals surface area contributed by atoms with Crippen molar-refractivity contribution in [2.45, 2.75) is 44.2 Å². The van der Waals surface area contributed by atoms with Crippen LogP contribution >= 0.6 is 0 Å². The average Bonchev–Trinajstić information content (AvgIpc) is 3.62. The molecule has 9 nitrogen and oxygen atoms in total. The van der Waals surface area contributed by atoms with Crippen molar-refractivity contribution in [3.05, 3.63) is 48.4 Å². The van der Waals surface area contributed by atoms with Crippen LogP contribution in [0.5, 0.6) is 6.01 Å². The number of ketones is 1. The number of Topliss-reactive ketones (excluding diaryl/α,β-unsaturated/α-hetero) is 1. The molecular weight excluding hydrogens is 418 g/mol. The molecule has 168 valence electrons. The first kappa shape index (κ1) is 21.2. The molecule has 5 rings (SSSR count). The standard InChI is InChI=1S/C24H25N7O2/c1-33-24-26-12-18(13-27-24)21-14-31(30-29-21)20-6-2-15(3-7-20)8-16(11-25)9-22(32)23-17-4-5-19(10-17)28-23/h2-3,6-7,12-14,16-17,19,23,28H,4-5,8-10H2,1H3/t16-,17+,19-,23+/m1/s1. The van der Waals surface area contributed by atoms with Gasteiger partial charge in [-0.1, -0.05) is 17.3 Å². The molecular formula is C24H25N7O2. The highest BCUT2D eigenvalue weighted by atomic mass is 16.5. The van der Waals surface area contributed by atoms with Crippen LogP contribution in [0.15, 0.2) is 42.9 Å². The van der Waals surface area contributed by atoms with Crippen LogP contribution < -0.4 is 10.1 Å². The molecule has 2 fully saturated rings. The first-order valence-electron chi connectivity index (χ1n) is 11.2. The molecule has 1 saturated carbocycles. The van der Waals surface area contributed by atoms with Crippen molar-refractivity contribution >= 4 is 5.78 Å². The third-order valence-corrected chi connectivity index (χ3v) is 6.62. The van der Waals surface area contributed by atoms with Crippen LogP contribution in [-0.4, -0.2) is 49.9 Å². The molecule has 1 aliphatic carbocycles. The summed E-state index contributed by atoms with van der Waals surface area (Å²) in [5.74, 6) is 0.318. The number of fused-ring (bicyclic) bond motifs is 2. The Morgan fingerprint density at radius 3 is 2.70 bits per heavy atom. The van der Waals surface area contributed by atoms with Gasteiger partial charge in [-0.3, -0.25) is 4.79 Å². The highest BCUT2D eigenvalue weighted by Crippen LogP contribution is 2.36. The summed E-state index contributed by atoms with van der Waals surface area (Å²) < 4.78 is 6.66. The molecule has 1 saturated heterocycles. The molecule has 2 bridgehead atoms. The highest BCUT2D eigenvalue weighted by Gasteiger charge is 2.42. The van der Waals surface area contributed by atoms with Gasteiger partial charge in [-0.25, -0.2) is 14.6 Å². The maximum absolute atomic E-state index is 12.7. The summed E-state index contributed by atoms with van der Waals surface area (Å²) in [5.41, 5.74) is 3.26. The Hall–Kier alpha value is -3.64. The second-order valence-electron chi connectivity index (χ2n) is 8.79. The fourth-order valence-corrected chi connectivity index (χ4v) is 4.90. The molecule has 1 aromatic carbocycles. The number of nitrogens with zero attached hydrogens (tertiary/aromatic N) is 6. The van der Waals surface area contributed by atoms with Crippen molar-refractivity contribution in [2.75, 3.05) is 7.11 Å². The van der Waals surface area contributed by atoms with Gasteiger partial charge in [0.1, 0.15) is 5.69 Å². The maximum atomic E-state index is 12.7. The molecule has 2 aliphatic rings.